The molecule has 2 atom stereocenters. The van der Waals surface area contributed by atoms with Crippen LogP contribution in [0.4, 0.5) is 10.1 Å². The van der Waals surface area contributed by atoms with E-state index in [0.29, 0.717) is 35.2 Å². The Morgan fingerprint density at radius 1 is 1.30 bits per heavy atom. The lowest BCUT2D eigenvalue weighted by Crippen LogP contribution is -2.44. The quantitative estimate of drug-likeness (QED) is 0.750. The van der Waals surface area contributed by atoms with Gasteiger partial charge in [0.1, 0.15) is 11.7 Å². The van der Waals surface area contributed by atoms with Crippen molar-refractivity contribution >= 4 is 17.4 Å². The van der Waals surface area contributed by atoms with Gasteiger partial charge in [0, 0.05) is 54.7 Å². The summed E-state index contributed by atoms with van der Waals surface area (Å²) in [4.78, 5) is 26.4. The molecule has 0 spiro atoms. The van der Waals surface area contributed by atoms with E-state index < -0.39 is 23.5 Å². The number of carbonyl (C=O) groups is 2. The molecule has 5 rings (SSSR count). The van der Waals surface area contributed by atoms with Crippen LogP contribution in [0.25, 0.3) is 11.1 Å². The van der Waals surface area contributed by atoms with E-state index in [9.17, 15) is 14.7 Å². The molecule has 2 N–H and O–H groups in total. The fourth-order valence-corrected chi connectivity index (χ4v) is 4.67. The summed E-state index contributed by atoms with van der Waals surface area (Å²) in [7, 11) is 1.47. The second-order valence-electron chi connectivity index (χ2n) is 8.46. The Labute approximate surface area is 173 Å². The number of hydrogen-bond donors (Lipinski definition) is 2. The number of nitrogens with zero attached hydrogens (tertiary/aromatic N) is 2. The number of rotatable bonds is 4. The molecular weight excluding hydrogens is 389 g/mol. The molecule has 1 aromatic heterocycles. The van der Waals surface area contributed by atoms with Crippen molar-refractivity contribution in [3.63, 3.8) is 0 Å². The largest absolute Gasteiger partial charge is 0.494 e. The molecule has 0 amide bonds. The molecule has 1 aliphatic carbocycles. The molecule has 1 aromatic carbocycles. The number of carbonyl (C=O) groups excluding carboxylic acids is 1. The average Bonchev–Trinajstić information content (AvgIpc) is 3.46. The van der Waals surface area contributed by atoms with E-state index in [-0.39, 0.29) is 18.2 Å². The molecule has 1 unspecified atom stereocenters. The standard InChI is InChI=1S/C22H24FN3O4/c1-11-8-25-9-12(5-14(25)7-24-11)18-17(23)6-15-19(21(18)30-2)26(13-3-4-13)10-16(20(15)27)22(28)29/h5-6,9,11,13,16,24H,3-4,7-8,10H2,1-2H3,(H,28,29)/t11-,16?/m0/s1. The zero-order valence-electron chi connectivity index (χ0n) is 16.9. The predicted molar refractivity (Wildman–Crippen MR) is 109 cm³/mol. The Morgan fingerprint density at radius 3 is 2.73 bits per heavy atom. The third-order valence-corrected chi connectivity index (χ3v) is 6.32. The fourth-order valence-electron chi connectivity index (χ4n) is 4.67. The molecule has 0 saturated heterocycles. The molecule has 2 aliphatic heterocycles. The number of aromatic nitrogens is 1. The second kappa shape index (κ2) is 6.84. The van der Waals surface area contributed by atoms with Crippen molar-refractivity contribution in [1.29, 1.82) is 0 Å². The van der Waals surface area contributed by atoms with Gasteiger partial charge in [-0.15, -0.1) is 0 Å². The highest BCUT2D eigenvalue weighted by Gasteiger charge is 2.44. The lowest BCUT2D eigenvalue weighted by molar-refractivity contribution is -0.139. The molecule has 1 fully saturated rings. The number of methoxy groups -OCH3 is 1. The van der Waals surface area contributed by atoms with Crippen LogP contribution < -0.4 is 15.0 Å². The summed E-state index contributed by atoms with van der Waals surface area (Å²) in [5.74, 6) is -3.21. The molecule has 2 aromatic rings. The summed E-state index contributed by atoms with van der Waals surface area (Å²) >= 11 is 0. The predicted octanol–water partition coefficient (Wildman–Crippen LogP) is 2.66. The van der Waals surface area contributed by atoms with Gasteiger partial charge in [-0.2, -0.15) is 0 Å². The molecule has 3 aliphatic rings. The van der Waals surface area contributed by atoms with E-state index >= 15 is 4.39 Å². The van der Waals surface area contributed by atoms with Crippen LogP contribution in [0.5, 0.6) is 5.75 Å². The van der Waals surface area contributed by atoms with E-state index in [1.807, 2.05) is 17.2 Å². The van der Waals surface area contributed by atoms with E-state index in [0.717, 1.165) is 25.1 Å². The number of Topliss-reactive ketones (excluding diaryl/α,β-unsaturated/α-hetero) is 1. The maximum absolute atomic E-state index is 15.4. The first-order valence-corrected chi connectivity index (χ1v) is 10.3. The number of ketones is 1. The van der Waals surface area contributed by atoms with E-state index in [1.54, 1.807) is 0 Å². The van der Waals surface area contributed by atoms with Gasteiger partial charge in [-0.25, -0.2) is 4.39 Å². The minimum Gasteiger partial charge on any atom is -0.494 e. The molecule has 3 heterocycles. The molecule has 7 nitrogen and oxygen atoms in total. The van der Waals surface area contributed by atoms with Crippen LogP contribution in [0.15, 0.2) is 18.3 Å². The molecule has 30 heavy (non-hydrogen) atoms. The minimum atomic E-state index is -1.19. The van der Waals surface area contributed by atoms with Crippen LogP contribution >= 0.6 is 0 Å². The number of hydrogen-bond acceptors (Lipinski definition) is 5. The van der Waals surface area contributed by atoms with Crippen molar-refractivity contribution in [2.45, 2.75) is 44.9 Å². The van der Waals surface area contributed by atoms with E-state index in [1.165, 1.54) is 13.2 Å². The van der Waals surface area contributed by atoms with Crippen LogP contribution in [0.1, 0.15) is 35.8 Å². The van der Waals surface area contributed by atoms with Crippen molar-refractivity contribution in [3.8, 4) is 16.9 Å². The first kappa shape index (κ1) is 19.1. The zero-order valence-corrected chi connectivity index (χ0v) is 16.9. The Balaban J connectivity index is 1.69. The minimum absolute atomic E-state index is 0.0843. The fraction of sp³-hybridized carbons (Fsp3) is 0.455. The lowest BCUT2D eigenvalue weighted by Gasteiger charge is -2.35. The van der Waals surface area contributed by atoms with Crippen LogP contribution in [0.2, 0.25) is 0 Å². The highest BCUT2D eigenvalue weighted by molar-refractivity contribution is 6.15. The third kappa shape index (κ3) is 2.89. The van der Waals surface area contributed by atoms with Gasteiger partial charge in [0.05, 0.1) is 18.4 Å². The Kier molecular flexibility index (Phi) is 4.36. The summed E-state index contributed by atoms with van der Waals surface area (Å²) in [5.41, 5.74) is 2.69. The molecule has 0 radical (unpaired) electrons. The number of anilines is 1. The summed E-state index contributed by atoms with van der Waals surface area (Å²) < 4.78 is 23.2. The van der Waals surface area contributed by atoms with Crippen molar-refractivity contribution in [2.75, 3.05) is 18.6 Å². The molecule has 1 saturated carbocycles. The third-order valence-electron chi connectivity index (χ3n) is 6.32. The number of ether oxygens (including phenoxy) is 1. The number of benzene rings is 1. The van der Waals surface area contributed by atoms with E-state index in [4.69, 9.17) is 4.74 Å². The lowest BCUT2D eigenvalue weighted by atomic mass is 9.88. The van der Waals surface area contributed by atoms with Gasteiger partial charge in [0.25, 0.3) is 0 Å². The van der Waals surface area contributed by atoms with Gasteiger partial charge in [-0.05, 0) is 31.9 Å². The first-order valence-electron chi connectivity index (χ1n) is 10.3. The maximum atomic E-state index is 15.4. The zero-order chi connectivity index (χ0) is 21.2. The van der Waals surface area contributed by atoms with Gasteiger partial charge in [-0.3, -0.25) is 9.59 Å². The van der Waals surface area contributed by atoms with E-state index in [2.05, 4.69) is 16.8 Å². The van der Waals surface area contributed by atoms with Crippen molar-refractivity contribution in [3.05, 3.63) is 35.4 Å². The summed E-state index contributed by atoms with van der Waals surface area (Å²) in [5, 5.41) is 12.9. The van der Waals surface area contributed by atoms with Crippen LogP contribution in [-0.4, -0.2) is 47.2 Å². The van der Waals surface area contributed by atoms with Gasteiger partial charge in [0.2, 0.25) is 0 Å². The number of fused-ring (bicyclic) bond motifs is 2. The summed E-state index contributed by atoms with van der Waals surface area (Å²) in [6.45, 7) is 3.67. The monoisotopic (exact) mass is 413 g/mol. The molecule has 0 bridgehead atoms. The number of carboxylic acid groups (broad SMARTS) is 1. The summed E-state index contributed by atoms with van der Waals surface area (Å²) in [6, 6.07) is 3.61. The molecule has 158 valence electrons. The Bertz CT molecular complexity index is 1060. The Morgan fingerprint density at radius 2 is 2.07 bits per heavy atom. The van der Waals surface area contributed by atoms with Crippen LogP contribution in [-0.2, 0) is 17.9 Å². The summed E-state index contributed by atoms with van der Waals surface area (Å²) in [6.07, 6.45) is 3.76. The number of carboxylic acids is 1. The molecule has 8 heteroatoms. The van der Waals surface area contributed by atoms with Crippen LogP contribution in [0, 0.1) is 11.7 Å². The average molecular weight is 413 g/mol. The van der Waals surface area contributed by atoms with Gasteiger partial charge < -0.3 is 24.6 Å². The van der Waals surface area contributed by atoms with Crippen LogP contribution in [0.3, 0.4) is 0 Å². The number of aliphatic carboxylic acids is 1. The molecular formula is C22H24FN3O4. The number of nitrogens with one attached hydrogen (secondary N) is 1. The van der Waals surface area contributed by atoms with Crippen molar-refractivity contribution in [1.82, 2.24) is 9.88 Å². The van der Waals surface area contributed by atoms with Crippen molar-refractivity contribution < 1.29 is 23.8 Å². The topological polar surface area (TPSA) is 83.8 Å². The SMILES string of the molecule is COc1c(-c2cc3n(c2)C[C@H](C)NC3)c(F)cc2c1N(C1CC1)CC(C(=O)O)C2=O. The number of halogens is 1. The van der Waals surface area contributed by atoms with Gasteiger partial charge >= 0.3 is 5.97 Å². The van der Waals surface area contributed by atoms with Gasteiger partial charge in [-0.1, -0.05) is 0 Å². The maximum Gasteiger partial charge on any atom is 0.316 e. The highest BCUT2D eigenvalue weighted by atomic mass is 19.1. The second-order valence-corrected chi connectivity index (χ2v) is 8.46. The smallest absolute Gasteiger partial charge is 0.316 e. The highest BCUT2D eigenvalue weighted by Crippen LogP contribution is 2.49. The van der Waals surface area contributed by atoms with Gasteiger partial charge in [0.15, 0.2) is 11.5 Å². The first-order chi connectivity index (χ1) is 14.4. The Hall–Kier alpha value is -2.87. The van der Waals surface area contributed by atoms with Crippen molar-refractivity contribution in [2.24, 2.45) is 5.92 Å². The normalized spacial score (nSPS) is 23.2.